The highest BCUT2D eigenvalue weighted by Crippen LogP contribution is 2.32. The second kappa shape index (κ2) is 5.28. The molecule has 0 saturated carbocycles. The molecule has 0 aromatic carbocycles. The first-order valence-corrected chi connectivity index (χ1v) is 9.36. The summed E-state index contributed by atoms with van der Waals surface area (Å²) in [5.74, 6) is 0. The van der Waals surface area contributed by atoms with E-state index >= 15 is 0 Å². The van der Waals surface area contributed by atoms with Crippen LogP contribution in [0.3, 0.4) is 0 Å². The van der Waals surface area contributed by atoms with Crippen LogP contribution in [0.25, 0.3) is 0 Å². The lowest BCUT2D eigenvalue weighted by Gasteiger charge is -2.23. The molecular formula is C5H6F6O6S2Si. The van der Waals surface area contributed by atoms with Crippen LogP contribution in [-0.2, 0) is 28.0 Å². The van der Waals surface area contributed by atoms with Gasteiger partial charge in [0.1, 0.15) is 0 Å². The van der Waals surface area contributed by atoms with E-state index < -0.39 is 39.8 Å². The fourth-order valence-electron chi connectivity index (χ4n) is 0.612. The molecule has 0 aliphatic rings. The summed E-state index contributed by atoms with van der Waals surface area (Å²) in [5, 5.41) is 0. The van der Waals surface area contributed by atoms with Gasteiger partial charge >= 0.3 is 39.8 Å². The predicted molar refractivity (Wildman–Crippen MR) is 53.9 cm³/mol. The minimum absolute atomic E-state index is 0.138. The van der Waals surface area contributed by atoms with Crippen molar-refractivity contribution in [1.82, 2.24) is 0 Å². The van der Waals surface area contributed by atoms with Crippen LogP contribution < -0.4 is 0 Å². The molecule has 0 spiro atoms. The molecule has 0 bridgehead atoms. The molecule has 20 heavy (non-hydrogen) atoms. The summed E-state index contributed by atoms with van der Waals surface area (Å²) >= 11 is 0. The SMILES string of the molecule is C=C[Si](C)(OS(=O)(=O)C(F)(F)F)OS(=O)(=O)C(F)(F)F. The van der Waals surface area contributed by atoms with E-state index in [4.69, 9.17) is 0 Å². The summed E-state index contributed by atoms with van der Waals surface area (Å²) < 4.78 is 122. The maximum Gasteiger partial charge on any atom is 0.522 e. The van der Waals surface area contributed by atoms with Crippen LogP contribution in [0.1, 0.15) is 0 Å². The first-order chi connectivity index (χ1) is 8.47. The predicted octanol–water partition coefficient (Wildman–Crippen LogP) is 1.52. The normalized spacial score (nSPS) is 15.2. The molecule has 0 aliphatic heterocycles. The Morgan fingerprint density at radius 2 is 1.15 bits per heavy atom. The van der Waals surface area contributed by atoms with E-state index in [1.807, 2.05) is 0 Å². The van der Waals surface area contributed by atoms with Gasteiger partial charge in [-0.2, -0.15) is 43.2 Å². The van der Waals surface area contributed by atoms with Gasteiger partial charge in [0.25, 0.3) is 0 Å². The van der Waals surface area contributed by atoms with Gasteiger partial charge in [0.2, 0.25) is 0 Å². The summed E-state index contributed by atoms with van der Waals surface area (Å²) in [6.45, 7) is 3.04. The Morgan fingerprint density at radius 1 is 0.900 bits per heavy atom. The van der Waals surface area contributed by atoms with Crippen LogP contribution in [0.2, 0.25) is 6.55 Å². The van der Waals surface area contributed by atoms with Crippen molar-refractivity contribution < 1.29 is 50.9 Å². The monoisotopic (exact) mass is 368 g/mol. The van der Waals surface area contributed by atoms with E-state index in [0.717, 1.165) is 0 Å². The Bertz CT molecular complexity index is 528. The minimum Gasteiger partial charge on any atom is -0.273 e. The first kappa shape index (κ1) is 19.4. The van der Waals surface area contributed by atoms with Gasteiger partial charge in [0.05, 0.1) is 0 Å². The van der Waals surface area contributed by atoms with Crippen molar-refractivity contribution >= 4 is 28.8 Å². The van der Waals surface area contributed by atoms with Crippen LogP contribution in [0.5, 0.6) is 0 Å². The van der Waals surface area contributed by atoms with Crippen molar-refractivity contribution in [3.8, 4) is 0 Å². The molecule has 120 valence electrons. The van der Waals surface area contributed by atoms with Gasteiger partial charge < -0.3 is 0 Å². The summed E-state index contributed by atoms with van der Waals surface area (Å²) in [4.78, 5) is 0. The van der Waals surface area contributed by atoms with Crippen molar-refractivity contribution in [2.45, 2.75) is 17.6 Å². The average Bonchev–Trinajstić information content (AvgIpc) is 2.11. The quantitative estimate of drug-likeness (QED) is 0.415. The van der Waals surface area contributed by atoms with E-state index in [1.165, 1.54) is 0 Å². The first-order valence-electron chi connectivity index (χ1n) is 4.15. The third-order valence-corrected chi connectivity index (χ3v) is 7.77. The number of halogens is 6. The van der Waals surface area contributed by atoms with E-state index in [9.17, 15) is 43.2 Å². The molecule has 0 rings (SSSR count). The topological polar surface area (TPSA) is 86.7 Å². The van der Waals surface area contributed by atoms with E-state index in [1.54, 1.807) is 0 Å². The fourth-order valence-corrected chi connectivity index (χ4v) is 5.76. The van der Waals surface area contributed by atoms with Crippen LogP contribution in [0.4, 0.5) is 26.3 Å². The van der Waals surface area contributed by atoms with Crippen LogP contribution in [-0.4, -0.2) is 36.4 Å². The smallest absolute Gasteiger partial charge is 0.273 e. The summed E-state index contributed by atoms with van der Waals surface area (Å²) in [5.41, 5.74) is -11.8. The fraction of sp³-hybridized carbons (Fsp3) is 0.600. The lowest BCUT2D eigenvalue weighted by Crippen LogP contribution is -2.46. The third-order valence-electron chi connectivity index (χ3n) is 1.49. The van der Waals surface area contributed by atoms with Crippen molar-refractivity contribution in [2.24, 2.45) is 0 Å². The van der Waals surface area contributed by atoms with Crippen molar-refractivity contribution in [3.05, 3.63) is 12.3 Å². The molecule has 0 aromatic heterocycles. The lowest BCUT2D eigenvalue weighted by atomic mass is 11.3. The molecule has 0 amide bonds. The zero-order valence-corrected chi connectivity index (χ0v) is 12.0. The van der Waals surface area contributed by atoms with Gasteiger partial charge in [0, 0.05) is 0 Å². The van der Waals surface area contributed by atoms with Gasteiger partial charge in [-0.05, 0) is 12.2 Å². The second-order valence-electron chi connectivity index (χ2n) is 3.19. The Labute approximate surface area is 110 Å². The van der Waals surface area contributed by atoms with Crippen molar-refractivity contribution in [3.63, 3.8) is 0 Å². The Hall–Kier alpha value is -0.643. The number of rotatable bonds is 5. The van der Waals surface area contributed by atoms with Gasteiger partial charge in [0.15, 0.2) is 0 Å². The van der Waals surface area contributed by atoms with Crippen molar-refractivity contribution in [1.29, 1.82) is 0 Å². The highest BCUT2D eigenvalue weighted by atomic mass is 32.2. The molecule has 0 fully saturated rings. The molecule has 0 radical (unpaired) electrons. The second-order valence-corrected chi connectivity index (χ2v) is 9.70. The molecule has 0 unspecified atom stereocenters. The standard InChI is InChI=1S/C5H6F6O6S2Si/c1-3-20(2,16-18(12,13)4(6,7)8)17-19(14,15)5(9,10)11/h3H,1H2,2H3. The average molecular weight is 368 g/mol. The van der Waals surface area contributed by atoms with Gasteiger partial charge in [-0.25, -0.2) is 0 Å². The number of alkyl halides is 6. The number of hydrogen-bond acceptors (Lipinski definition) is 6. The summed E-state index contributed by atoms with van der Waals surface area (Å²) in [6, 6.07) is 0. The highest BCUT2D eigenvalue weighted by Gasteiger charge is 2.56. The van der Waals surface area contributed by atoms with E-state index in [0.29, 0.717) is 6.55 Å². The molecule has 15 heteroatoms. The van der Waals surface area contributed by atoms with Crippen LogP contribution in [0, 0.1) is 0 Å². The minimum atomic E-state index is -6.35. The van der Waals surface area contributed by atoms with Gasteiger partial charge in [-0.3, -0.25) is 7.74 Å². The number of hydrogen-bond donors (Lipinski definition) is 0. The molecule has 0 atom stereocenters. The van der Waals surface area contributed by atoms with Crippen molar-refractivity contribution in [2.75, 3.05) is 0 Å². The van der Waals surface area contributed by atoms with Gasteiger partial charge in [-0.1, -0.05) is 0 Å². The van der Waals surface area contributed by atoms with E-state index in [2.05, 4.69) is 14.3 Å². The molecule has 0 saturated heterocycles. The van der Waals surface area contributed by atoms with Gasteiger partial charge in [-0.15, -0.1) is 6.58 Å². The molecule has 0 aliphatic carbocycles. The zero-order chi connectivity index (χ0) is 16.6. The molecular weight excluding hydrogens is 362 g/mol. The van der Waals surface area contributed by atoms with E-state index in [-0.39, 0.29) is 5.70 Å². The molecule has 0 aromatic rings. The summed E-state index contributed by atoms with van der Waals surface area (Å²) in [6.07, 6.45) is 0. The molecule has 0 heterocycles. The highest BCUT2D eigenvalue weighted by molar-refractivity contribution is 7.90. The Kier molecular flexibility index (Phi) is 5.11. The van der Waals surface area contributed by atoms with Crippen LogP contribution in [0.15, 0.2) is 12.3 Å². The summed E-state index contributed by atoms with van der Waals surface area (Å²) in [7, 11) is -17.8. The molecule has 0 N–H and O–H groups in total. The Balaban J connectivity index is 5.54. The third kappa shape index (κ3) is 4.44. The lowest BCUT2D eigenvalue weighted by molar-refractivity contribution is -0.0529. The Morgan fingerprint density at radius 3 is 1.30 bits per heavy atom. The maximum atomic E-state index is 12.0. The van der Waals surface area contributed by atoms with Crippen LogP contribution >= 0.6 is 0 Å². The largest absolute Gasteiger partial charge is 0.522 e. The zero-order valence-electron chi connectivity index (χ0n) is 9.32. The maximum absolute atomic E-state index is 12.0. The molecule has 6 nitrogen and oxygen atoms in total.